The summed E-state index contributed by atoms with van der Waals surface area (Å²) >= 11 is 0. The Morgan fingerprint density at radius 3 is 2.50 bits per heavy atom. The Morgan fingerprint density at radius 2 is 2.00 bits per heavy atom. The monoisotopic (exact) mass is 277 g/mol. The van der Waals surface area contributed by atoms with Crippen molar-refractivity contribution < 1.29 is 14.1 Å². The molecule has 0 saturated heterocycles. The maximum atomic E-state index is 11.8. The van der Waals surface area contributed by atoms with Crippen molar-refractivity contribution >= 4 is 23.4 Å². The average molecular weight is 277 g/mol. The first-order chi connectivity index (χ1) is 9.47. The molecule has 2 aromatic rings. The van der Waals surface area contributed by atoms with Crippen molar-refractivity contribution in [1.82, 2.24) is 9.97 Å². The number of carbonyl (C=O) groups is 1. The molecule has 0 spiro atoms. The lowest BCUT2D eigenvalue weighted by Crippen LogP contribution is -2.14. The molecule has 0 bridgehead atoms. The van der Waals surface area contributed by atoms with E-state index in [2.05, 4.69) is 15.3 Å². The summed E-state index contributed by atoms with van der Waals surface area (Å²) in [5, 5.41) is 12.9. The molecule has 0 atom stereocenters. The van der Waals surface area contributed by atoms with Gasteiger partial charge in [-0.1, -0.05) is 0 Å². The predicted molar refractivity (Wildman–Crippen MR) is 69.7 cm³/mol. The number of hydrogen-bond acceptors (Lipinski definition) is 7. The molecule has 104 valence electrons. The highest BCUT2D eigenvalue weighted by molar-refractivity contribution is 6.02. The van der Waals surface area contributed by atoms with Gasteiger partial charge in [-0.2, -0.15) is 0 Å². The lowest BCUT2D eigenvalue weighted by molar-refractivity contribution is -0.402. The molecule has 0 fully saturated rings. The standard InChI is InChI=1S/C11H11N5O4/c1-15(2)11-12-5-7(6-13-11)14-10(17)8-3-4-9(20-8)16(18)19/h3-6H,1-2H3,(H,14,17). The van der Waals surface area contributed by atoms with Crippen LogP contribution in [0.25, 0.3) is 0 Å². The van der Waals surface area contributed by atoms with E-state index in [1.165, 1.54) is 18.5 Å². The van der Waals surface area contributed by atoms with Crippen molar-refractivity contribution in [2.45, 2.75) is 0 Å². The fourth-order valence-corrected chi connectivity index (χ4v) is 1.36. The van der Waals surface area contributed by atoms with Crippen LogP contribution in [0.1, 0.15) is 10.6 Å². The van der Waals surface area contributed by atoms with E-state index in [1.807, 2.05) is 0 Å². The topological polar surface area (TPSA) is 114 Å². The molecule has 0 aliphatic carbocycles. The SMILES string of the molecule is CN(C)c1ncc(NC(=O)c2ccc([N+](=O)[O-])o2)cn1. The molecule has 0 aliphatic rings. The lowest BCUT2D eigenvalue weighted by atomic mass is 10.4. The number of nitrogens with one attached hydrogen (secondary N) is 1. The summed E-state index contributed by atoms with van der Waals surface area (Å²) in [4.78, 5) is 31.3. The van der Waals surface area contributed by atoms with Gasteiger partial charge in [-0.25, -0.2) is 9.97 Å². The molecule has 9 heteroatoms. The van der Waals surface area contributed by atoms with E-state index >= 15 is 0 Å². The molecule has 2 aromatic heterocycles. The fraction of sp³-hybridized carbons (Fsp3) is 0.182. The van der Waals surface area contributed by atoms with Crippen molar-refractivity contribution in [2.24, 2.45) is 0 Å². The van der Waals surface area contributed by atoms with Gasteiger partial charge in [-0.3, -0.25) is 14.9 Å². The van der Waals surface area contributed by atoms with Gasteiger partial charge in [0.15, 0.2) is 5.76 Å². The van der Waals surface area contributed by atoms with Crippen LogP contribution in [0.4, 0.5) is 17.5 Å². The molecule has 20 heavy (non-hydrogen) atoms. The highest BCUT2D eigenvalue weighted by atomic mass is 16.6. The molecule has 9 nitrogen and oxygen atoms in total. The Bertz CT molecular complexity index is 635. The second-order valence-electron chi connectivity index (χ2n) is 4.02. The van der Waals surface area contributed by atoms with Gasteiger partial charge in [0.1, 0.15) is 4.92 Å². The number of rotatable bonds is 4. The third-order valence-corrected chi connectivity index (χ3v) is 2.29. The van der Waals surface area contributed by atoms with Crippen LogP contribution < -0.4 is 10.2 Å². The summed E-state index contributed by atoms with van der Waals surface area (Å²) in [5.74, 6) is -0.765. The van der Waals surface area contributed by atoms with Crippen LogP contribution in [-0.4, -0.2) is 34.9 Å². The molecule has 0 radical (unpaired) electrons. The van der Waals surface area contributed by atoms with Crippen LogP contribution in [0.15, 0.2) is 28.9 Å². The van der Waals surface area contributed by atoms with Gasteiger partial charge >= 0.3 is 5.88 Å². The van der Waals surface area contributed by atoms with Gasteiger partial charge in [-0.15, -0.1) is 0 Å². The van der Waals surface area contributed by atoms with Crippen molar-refractivity contribution in [3.8, 4) is 0 Å². The van der Waals surface area contributed by atoms with Gasteiger partial charge in [0.05, 0.1) is 24.1 Å². The van der Waals surface area contributed by atoms with E-state index in [0.29, 0.717) is 11.6 Å². The molecule has 2 rings (SSSR count). The molecule has 2 heterocycles. The van der Waals surface area contributed by atoms with Crippen LogP contribution in [0.5, 0.6) is 0 Å². The van der Waals surface area contributed by atoms with Crippen molar-refractivity contribution in [1.29, 1.82) is 0 Å². The van der Waals surface area contributed by atoms with Crippen LogP contribution in [0, 0.1) is 10.1 Å². The Balaban J connectivity index is 2.08. The summed E-state index contributed by atoms with van der Waals surface area (Å²) in [6.45, 7) is 0. The second kappa shape index (κ2) is 5.34. The fourth-order valence-electron chi connectivity index (χ4n) is 1.36. The first kappa shape index (κ1) is 13.5. The number of hydrogen-bond donors (Lipinski definition) is 1. The molecule has 1 amide bonds. The lowest BCUT2D eigenvalue weighted by Gasteiger charge is -2.09. The smallest absolute Gasteiger partial charge is 0.395 e. The van der Waals surface area contributed by atoms with Gasteiger partial charge in [0, 0.05) is 14.1 Å². The summed E-state index contributed by atoms with van der Waals surface area (Å²) in [5.41, 5.74) is 0.361. The first-order valence-electron chi connectivity index (χ1n) is 5.52. The van der Waals surface area contributed by atoms with E-state index in [4.69, 9.17) is 4.42 Å². The first-order valence-corrected chi connectivity index (χ1v) is 5.52. The summed E-state index contributed by atoms with van der Waals surface area (Å²) < 4.78 is 4.78. The zero-order valence-electron chi connectivity index (χ0n) is 10.7. The van der Waals surface area contributed by atoms with Gasteiger partial charge in [-0.05, 0) is 6.07 Å². The van der Waals surface area contributed by atoms with Crippen LogP contribution in [-0.2, 0) is 0 Å². The Hall–Kier alpha value is -2.97. The minimum Gasteiger partial charge on any atom is -0.395 e. The van der Waals surface area contributed by atoms with Crippen LogP contribution in [0.3, 0.4) is 0 Å². The van der Waals surface area contributed by atoms with Crippen molar-refractivity contribution in [2.75, 3.05) is 24.3 Å². The molecule has 1 N–H and O–H groups in total. The van der Waals surface area contributed by atoms with E-state index in [9.17, 15) is 14.9 Å². The van der Waals surface area contributed by atoms with E-state index in [0.717, 1.165) is 6.07 Å². The number of amides is 1. The van der Waals surface area contributed by atoms with Gasteiger partial charge in [0.25, 0.3) is 5.91 Å². The quantitative estimate of drug-likeness (QED) is 0.661. The maximum absolute atomic E-state index is 11.8. The van der Waals surface area contributed by atoms with Crippen molar-refractivity contribution in [3.05, 3.63) is 40.4 Å². The Labute approximate surface area is 113 Å². The summed E-state index contributed by atoms with van der Waals surface area (Å²) in [6.07, 6.45) is 2.86. The zero-order valence-corrected chi connectivity index (χ0v) is 10.7. The highest BCUT2D eigenvalue weighted by Crippen LogP contribution is 2.17. The van der Waals surface area contributed by atoms with E-state index in [1.54, 1.807) is 19.0 Å². The third-order valence-electron chi connectivity index (χ3n) is 2.29. The number of furan rings is 1. The largest absolute Gasteiger partial charge is 0.433 e. The number of nitro groups is 1. The number of carbonyl (C=O) groups excluding carboxylic acids is 1. The molecule has 0 aromatic carbocycles. The second-order valence-corrected chi connectivity index (χ2v) is 4.02. The number of nitrogens with zero attached hydrogens (tertiary/aromatic N) is 4. The molecular weight excluding hydrogens is 266 g/mol. The van der Waals surface area contributed by atoms with E-state index < -0.39 is 16.7 Å². The average Bonchev–Trinajstić information content (AvgIpc) is 2.89. The van der Waals surface area contributed by atoms with Gasteiger partial charge in [0.2, 0.25) is 5.95 Å². The Morgan fingerprint density at radius 1 is 1.35 bits per heavy atom. The predicted octanol–water partition coefficient (Wildman–Crippen LogP) is 1.30. The summed E-state index contributed by atoms with van der Waals surface area (Å²) in [6, 6.07) is 2.34. The highest BCUT2D eigenvalue weighted by Gasteiger charge is 2.17. The van der Waals surface area contributed by atoms with E-state index in [-0.39, 0.29) is 5.76 Å². The number of anilines is 2. The van der Waals surface area contributed by atoms with Crippen LogP contribution >= 0.6 is 0 Å². The molecule has 0 aliphatic heterocycles. The van der Waals surface area contributed by atoms with Crippen LogP contribution in [0.2, 0.25) is 0 Å². The Kier molecular flexibility index (Phi) is 3.60. The molecule has 0 saturated carbocycles. The van der Waals surface area contributed by atoms with Crippen molar-refractivity contribution in [3.63, 3.8) is 0 Å². The maximum Gasteiger partial charge on any atom is 0.433 e. The molecule has 0 unspecified atom stereocenters. The van der Waals surface area contributed by atoms with Gasteiger partial charge < -0.3 is 14.6 Å². The zero-order chi connectivity index (χ0) is 14.7. The summed E-state index contributed by atoms with van der Waals surface area (Å²) in [7, 11) is 3.57. The minimum absolute atomic E-state index is 0.159. The number of aromatic nitrogens is 2. The minimum atomic E-state index is -0.716. The third kappa shape index (κ3) is 2.88. The molecular formula is C11H11N5O4. The normalized spacial score (nSPS) is 10.1.